The molecule has 0 aliphatic carbocycles. The standard InChI is InChI=1S/C17H21NO2S/c1-4-20-15-8-6-14(7-9-15)17(19)18-12(2)11-16-10-5-13(3)21-16/h5-10,12H,4,11H2,1-3H3,(H,18,19). The van der Waals surface area contributed by atoms with Crippen LogP contribution in [-0.2, 0) is 6.42 Å². The van der Waals surface area contributed by atoms with E-state index >= 15 is 0 Å². The van der Waals surface area contributed by atoms with Crippen LogP contribution in [0.3, 0.4) is 0 Å². The molecular weight excluding hydrogens is 282 g/mol. The number of aryl methyl sites for hydroxylation is 1. The Bertz CT molecular complexity index is 589. The van der Waals surface area contributed by atoms with Gasteiger partial charge in [0, 0.05) is 27.8 Å². The Morgan fingerprint density at radius 1 is 1.24 bits per heavy atom. The molecule has 1 N–H and O–H groups in total. The van der Waals surface area contributed by atoms with Crippen LogP contribution in [0.5, 0.6) is 5.75 Å². The average molecular weight is 303 g/mol. The minimum atomic E-state index is -0.0428. The molecule has 0 bridgehead atoms. The molecule has 2 aromatic rings. The number of nitrogens with one attached hydrogen (secondary N) is 1. The molecule has 4 heteroatoms. The smallest absolute Gasteiger partial charge is 0.251 e. The summed E-state index contributed by atoms with van der Waals surface area (Å²) in [5.41, 5.74) is 0.660. The summed E-state index contributed by atoms with van der Waals surface area (Å²) in [5, 5.41) is 3.03. The minimum absolute atomic E-state index is 0.0428. The van der Waals surface area contributed by atoms with Gasteiger partial charge >= 0.3 is 0 Å². The van der Waals surface area contributed by atoms with Gasteiger partial charge in [0.2, 0.25) is 0 Å². The van der Waals surface area contributed by atoms with Crippen molar-refractivity contribution in [2.24, 2.45) is 0 Å². The number of benzene rings is 1. The highest BCUT2D eigenvalue weighted by Gasteiger charge is 2.11. The van der Waals surface area contributed by atoms with Gasteiger partial charge in [-0.2, -0.15) is 0 Å². The fraction of sp³-hybridized carbons (Fsp3) is 0.353. The van der Waals surface area contributed by atoms with Gasteiger partial charge in [-0.25, -0.2) is 0 Å². The molecule has 0 saturated carbocycles. The summed E-state index contributed by atoms with van der Waals surface area (Å²) < 4.78 is 5.37. The Kier molecular flexibility index (Phi) is 5.39. The molecule has 0 fully saturated rings. The first-order valence-electron chi connectivity index (χ1n) is 7.17. The molecule has 1 aromatic carbocycles. The number of carbonyl (C=O) groups excluding carboxylic acids is 1. The van der Waals surface area contributed by atoms with Gasteiger partial charge < -0.3 is 10.1 Å². The van der Waals surface area contributed by atoms with Gasteiger partial charge in [-0.3, -0.25) is 4.79 Å². The number of rotatable bonds is 6. The van der Waals surface area contributed by atoms with Gasteiger partial charge in [0.1, 0.15) is 5.75 Å². The second-order valence-corrected chi connectivity index (χ2v) is 6.42. The Hall–Kier alpha value is -1.81. The second-order valence-electron chi connectivity index (χ2n) is 5.05. The number of thiophene rings is 1. The van der Waals surface area contributed by atoms with Crippen LogP contribution in [0.1, 0.15) is 34.0 Å². The molecule has 0 spiro atoms. The van der Waals surface area contributed by atoms with Gasteiger partial charge in [-0.05, 0) is 57.2 Å². The van der Waals surface area contributed by atoms with E-state index < -0.39 is 0 Å². The quantitative estimate of drug-likeness (QED) is 0.881. The third kappa shape index (κ3) is 4.60. The van der Waals surface area contributed by atoms with Gasteiger partial charge in [-0.1, -0.05) is 0 Å². The van der Waals surface area contributed by atoms with Crippen molar-refractivity contribution in [3.63, 3.8) is 0 Å². The molecule has 1 aromatic heterocycles. The maximum absolute atomic E-state index is 12.2. The van der Waals surface area contributed by atoms with Gasteiger partial charge in [0.15, 0.2) is 0 Å². The van der Waals surface area contributed by atoms with Crippen molar-refractivity contribution >= 4 is 17.2 Å². The summed E-state index contributed by atoms with van der Waals surface area (Å²) in [4.78, 5) is 14.8. The van der Waals surface area contributed by atoms with Crippen LogP contribution >= 0.6 is 11.3 Å². The summed E-state index contributed by atoms with van der Waals surface area (Å²) in [6.45, 7) is 6.69. The Balaban J connectivity index is 1.90. The molecule has 1 unspecified atom stereocenters. The summed E-state index contributed by atoms with van der Waals surface area (Å²) in [5.74, 6) is 0.745. The first kappa shape index (κ1) is 15.6. The Labute approximate surface area is 130 Å². The Morgan fingerprint density at radius 3 is 2.52 bits per heavy atom. The zero-order valence-corrected chi connectivity index (χ0v) is 13.5. The molecule has 1 atom stereocenters. The number of hydrogen-bond acceptors (Lipinski definition) is 3. The van der Waals surface area contributed by atoms with Gasteiger partial charge in [0.05, 0.1) is 6.61 Å². The molecule has 21 heavy (non-hydrogen) atoms. The monoisotopic (exact) mass is 303 g/mol. The molecule has 0 aliphatic rings. The van der Waals surface area contributed by atoms with E-state index in [1.165, 1.54) is 9.75 Å². The van der Waals surface area contributed by atoms with Crippen LogP contribution < -0.4 is 10.1 Å². The molecule has 3 nitrogen and oxygen atoms in total. The van der Waals surface area contributed by atoms with Crippen LogP contribution in [0, 0.1) is 6.92 Å². The van der Waals surface area contributed by atoms with Crippen molar-refractivity contribution in [2.75, 3.05) is 6.61 Å². The number of hydrogen-bond donors (Lipinski definition) is 1. The predicted octanol–water partition coefficient (Wildman–Crippen LogP) is 3.82. The van der Waals surface area contributed by atoms with E-state index in [9.17, 15) is 4.79 Å². The predicted molar refractivity (Wildman–Crippen MR) is 87.3 cm³/mol. The van der Waals surface area contributed by atoms with E-state index in [1.807, 2.05) is 26.0 Å². The highest BCUT2D eigenvalue weighted by atomic mass is 32.1. The molecular formula is C17H21NO2S. The number of ether oxygens (including phenoxy) is 1. The van der Waals surface area contributed by atoms with Crippen molar-refractivity contribution < 1.29 is 9.53 Å². The molecule has 1 amide bonds. The van der Waals surface area contributed by atoms with Crippen molar-refractivity contribution in [1.29, 1.82) is 0 Å². The van der Waals surface area contributed by atoms with E-state index in [-0.39, 0.29) is 11.9 Å². The third-order valence-electron chi connectivity index (χ3n) is 3.11. The van der Waals surface area contributed by atoms with Crippen LogP contribution in [-0.4, -0.2) is 18.6 Å². The van der Waals surface area contributed by atoms with Crippen molar-refractivity contribution in [1.82, 2.24) is 5.32 Å². The summed E-state index contributed by atoms with van der Waals surface area (Å²) >= 11 is 1.78. The molecule has 0 radical (unpaired) electrons. The molecule has 1 heterocycles. The lowest BCUT2D eigenvalue weighted by molar-refractivity contribution is 0.0940. The highest BCUT2D eigenvalue weighted by Crippen LogP contribution is 2.17. The third-order valence-corrected chi connectivity index (χ3v) is 4.13. The molecule has 0 saturated heterocycles. The first-order chi connectivity index (χ1) is 10.1. The van der Waals surface area contributed by atoms with E-state index in [2.05, 4.69) is 24.4 Å². The summed E-state index contributed by atoms with van der Waals surface area (Å²) in [6, 6.07) is 11.6. The first-order valence-corrected chi connectivity index (χ1v) is 7.99. The maximum Gasteiger partial charge on any atom is 0.251 e. The highest BCUT2D eigenvalue weighted by molar-refractivity contribution is 7.11. The largest absolute Gasteiger partial charge is 0.494 e. The van der Waals surface area contributed by atoms with Crippen LogP contribution in [0.25, 0.3) is 0 Å². The molecule has 2 rings (SSSR count). The van der Waals surface area contributed by atoms with Crippen LogP contribution in [0.2, 0.25) is 0 Å². The van der Waals surface area contributed by atoms with Crippen molar-refractivity contribution in [3.05, 3.63) is 51.7 Å². The summed E-state index contributed by atoms with van der Waals surface area (Å²) in [7, 11) is 0. The Morgan fingerprint density at radius 2 is 1.95 bits per heavy atom. The fourth-order valence-corrected chi connectivity index (χ4v) is 3.14. The second kappa shape index (κ2) is 7.27. The van der Waals surface area contributed by atoms with Crippen molar-refractivity contribution in [3.8, 4) is 5.75 Å². The van der Waals surface area contributed by atoms with Crippen LogP contribution in [0.15, 0.2) is 36.4 Å². The van der Waals surface area contributed by atoms with Gasteiger partial charge in [0.25, 0.3) is 5.91 Å². The molecule has 0 aliphatic heterocycles. The topological polar surface area (TPSA) is 38.3 Å². The zero-order chi connectivity index (χ0) is 15.2. The van der Waals surface area contributed by atoms with E-state index in [0.717, 1.165) is 12.2 Å². The van der Waals surface area contributed by atoms with E-state index in [0.29, 0.717) is 12.2 Å². The lowest BCUT2D eigenvalue weighted by Gasteiger charge is -2.13. The summed E-state index contributed by atoms with van der Waals surface area (Å²) in [6.07, 6.45) is 0.862. The lowest BCUT2D eigenvalue weighted by Crippen LogP contribution is -2.33. The lowest BCUT2D eigenvalue weighted by atomic mass is 10.1. The number of amides is 1. The van der Waals surface area contributed by atoms with Crippen LogP contribution in [0.4, 0.5) is 0 Å². The maximum atomic E-state index is 12.2. The zero-order valence-electron chi connectivity index (χ0n) is 12.7. The number of carbonyl (C=O) groups is 1. The minimum Gasteiger partial charge on any atom is -0.494 e. The SMILES string of the molecule is CCOc1ccc(C(=O)NC(C)Cc2ccc(C)s2)cc1. The molecule has 112 valence electrons. The van der Waals surface area contributed by atoms with E-state index in [1.54, 1.807) is 23.5 Å². The average Bonchev–Trinajstić information content (AvgIpc) is 2.85. The van der Waals surface area contributed by atoms with Gasteiger partial charge in [-0.15, -0.1) is 11.3 Å². The fourth-order valence-electron chi connectivity index (χ4n) is 2.12. The van der Waals surface area contributed by atoms with Crippen molar-refractivity contribution in [2.45, 2.75) is 33.2 Å². The normalized spacial score (nSPS) is 12.0. The van der Waals surface area contributed by atoms with E-state index in [4.69, 9.17) is 4.74 Å².